The molecule has 2 heterocycles. The molecular weight excluding hydrogens is 302 g/mol. The van der Waals surface area contributed by atoms with Crippen LogP contribution in [0, 0.1) is 28.6 Å². The summed E-state index contributed by atoms with van der Waals surface area (Å²) in [5.41, 5.74) is 1.92. The number of hydrogen-bond donors (Lipinski definition) is 0. The van der Waals surface area contributed by atoms with Crippen LogP contribution in [0.15, 0.2) is 41.7 Å². The van der Waals surface area contributed by atoms with E-state index in [-0.39, 0.29) is 5.78 Å². The molecule has 0 bridgehead atoms. The van der Waals surface area contributed by atoms with Gasteiger partial charge in [-0.15, -0.1) is 0 Å². The molecule has 5 heteroatoms. The maximum atomic E-state index is 12.5. The number of aromatic nitrogens is 1. The first-order valence-corrected chi connectivity index (χ1v) is 7.86. The Morgan fingerprint density at radius 3 is 2.79 bits per heavy atom. The highest BCUT2D eigenvalue weighted by Crippen LogP contribution is 2.46. The summed E-state index contributed by atoms with van der Waals surface area (Å²) in [4.78, 5) is 17.0. The van der Waals surface area contributed by atoms with Gasteiger partial charge in [-0.05, 0) is 18.6 Å². The maximum Gasteiger partial charge on any atom is 0.223 e. The molecule has 2 aliphatic rings. The van der Waals surface area contributed by atoms with Gasteiger partial charge in [0.1, 0.15) is 11.7 Å². The number of fused-ring (bicyclic) bond motifs is 2. The molecule has 2 aromatic rings. The molecule has 0 amide bonds. The number of benzene rings is 1. The minimum absolute atomic E-state index is 0.0319. The maximum absolute atomic E-state index is 12.5. The number of carbonyl (C=O) groups is 1. The normalized spacial score (nSPS) is 19.3. The van der Waals surface area contributed by atoms with E-state index in [1.54, 1.807) is 0 Å². The second-order valence-electron chi connectivity index (χ2n) is 6.00. The van der Waals surface area contributed by atoms with E-state index in [0.29, 0.717) is 35.6 Å². The van der Waals surface area contributed by atoms with E-state index in [9.17, 15) is 15.3 Å². The highest BCUT2D eigenvalue weighted by Gasteiger charge is 2.41. The average Bonchev–Trinajstić information content (AvgIpc) is 2.60. The fourth-order valence-electron chi connectivity index (χ4n) is 3.50. The van der Waals surface area contributed by atoms with Crippen molar-refractivity contribution in [3.63, 3.8) is 0 Å². The molecule has 1 aliphatic carbocycles. The highest BCUT2D eigenvalue weighted by molar-refractivity contribution is 5.99. The minimum atomic E-state index is -0.942. The second kappa shape index (κ2) is 5.47. The van der Waals surface area contributed by atoms with Crippen LogP contribution in [-0.4, -0.2) is 10.8 Å². The number of hydrogen-bond acceptors (Lipinski definition) is 5. The first kappa shape index (κ1) is 14.4. The molecule has 4 rings (SSSR count). The lowest BCUT2D eigenvalue weighted by Gasteiger charge is -2.32. The van der Waals surface area contributed by atoms with Crippen LogP contribution in [0.4, 0.5) is 0 Å². The molecule has 0 fully saturated rings. The standard InChI is InChI=1S/C19H13N3O2/c20-9-12(10-21)17-13-8-11-4-1-2-5-14(11)22-19(13)24-16-7-3-6-15(23)18(16)17/h1-2,4-5,8,12,17H,3,6-7H2. The summed E-state index contributed by atoms with van der Waals surface area (Å²) in [6.45, 7) is 0. The lowest BCUT2D eigenvalue weighted by Crippen LogP contribution is -2.28. The molecule has 0 saturated carbocycles. The Balaban J connectivity index is 1.99. The topological polar surface area (TPSA) is 86.8 Å². The molecule has 1 aromatic heterocycles. The van der Waals surface area contributed by atoms with Crippen molar-refractivity contribution in [2.45, 2.75) is 25.2 Å². The van der Waals surface area contributed by atoms with Crippen LogP contribution in [0.2, 0.25) is 0 Å². The first-order chi connectivity index (χ1) is 11.7. The summed E-state index contributed by atoms with van der Waals surface area (Å²) < 4.78 is 5.91. The summed E-state index contributed by atoms with van der Waals surface area (Å²) in [6, 6.07) is 13.5. The van der Waals surface area contributed by atoms with Crippen molar-refractivity contribution in [2.24, 2.45) is 5.92 Å². The zero-order valence-electron chi connectivity index (χ0n) is 12.8. The number of allylic oxidation sites excluding steroid dienone is 2. The predicted octanol–water partition coefficient (Wildman–Crippen LogP) is 3.38. The van der Waals surface area contributed by atoms with E-state index < -0.39 is 11.8 Å². The molecule has 0 radical (unpaired) electrons. The molecule has 0 saturated heterocycles. The molecule has 1 aromatic carbocycles. The molecule has 1 aliphatic heterocycles. The molecule has 0 N–H and O–H groups in total. The van der Waals surface area contributed by atoms with Crippen molar-refractivity contribution in [2.75, 3.05) is 0 Å². The zero-order valence-corrected chi connectivity index (χ0v) is 12.8. The molecule has 0 spiro atoms. The Bertz CT molecular complexity index is 964. The Morgan fingerprint density at radius 2 is 2.00 bits per heavy atom. The summed E-state index contributed by atoms with van der Waals surface area (Å²) in [5.74, 6) is -0.591. The average molecular weight is 315 g/mol. The zero-order chi connectivity index (χ0) is 16.7. The third-order valence-electron chi connectivity index (χ3n) is 4.60. The van der Waals surface area contributed by atoms with E-state index in [4.69, 9.17) is 4.74 Å². The minimum Gasteiger partial charge on any atom is -0.443 e. The van der Waals surface area contributed by atoms with Crippen LogP contribution in [-0.2, 0) is 4.79 Å². The van der Waals surface area contributed by atoms with Crippen LogP contribution in [0.25, 0.3) is 10.9 Å². The fraction of sp³-hybridized carbons (Fsp3) is 0.263. The number of rotatable bonds is 1. The number of nitrogens with zero attached hydrogens (tertiary/aromatic N) is 3. The van der Waals surface area contributed by atoms with E-state index >= 15 is 0 Å². The molecule has 5 nitrogen and oxygen atoms in total. The van der Waals surface area contributed by atoms with E-state index in [1.807, 2.05) is 42.5 Å². The summed E-state index contributed by atoms with van der Waals surface area (Å²) in [7, 11) is 0. The van der Waals surface area contributed by atoms with Crippen LogP contribution >= 0.6 is 0 Å². The van der Waals surface area contributed by atoms with Gasteiger partial charge in [-0.3, -0.25) is 4.79 Å². The third kappa shape index (κ3) is 2.06. The SMILES string of the molecule is N#CC(C#N)C1C2=C(CCCC2=O)Oc2nc3ccccc3cc21. The van der Waals surface area contributed by atoms with Crippen molar-refractivity contribution in [1.82, 2.24) is 4.98 Å². The van der Waals surface area contributed by atoms with Gasteiger partial charge in [-0.2, -0.15) is 10.5 Å². The fourth-order valence-corrected chi connectivity index (χ4v) is 3.50. The summed E-state index contributed by atoms with van der Waals surface area (Å²) in [5, 5.41) is 19.7. The quantitative estimate of drug-likeness (QED) is 0.805. The Labute approximate surface area is 138 Å². The Morgan fingerprint density at radius 1 is 1.21 bits per heavy atom. The molecular formula is C19H13N3O2. The van der Waals surface area contributed by atoms with Gasteiger partial charge in [0.05, 0.1) is 23.6 Å². The smallest absolute Gasteiger partial charge is 0.223 e. The van der Waals surface area contributed by atoms with E-state index in [1.165, 1.54) is 0 Å². The molecule has 24 heavy (non-hydrogen) atoms. The third-order valence-corrected chi connectivity index (χ3v) is 4.60. The number of nitriles is 2. The van der Waals surface area contributed by atoms with Gasteiger partial charge >= 0.3 is 0 Å². The number of ketones is 1. The monoisotopic (exact) mass is 315 g/mol. The van der Waals surface area contributed by atoms with Crippen molar-refractivity contribution in [1.29, 1.82) is 10.5 Å². The van der Waals surface area contributed by atoms with Gasteiger partial charge in [0, 0.05) is 29.4 Å². The van der Waals surface area contributed by atoms with Crippen LogP contribution < -0.4 is 4.74 Å². The van der Waals surface area contributed by atoms with E-state index in [0.717, 1.165) is 17.3 Å². The second-order valence-corrected chi connectivity index (χ2v) is 6.00. The highest BCUT2D eigenvalue weighted by atomic mass is 16.5. The largest absolute Gasteiger partial charge is 0.443 e. The van der Waals surface area contributed by atoms with Gasteiger partial charge in [-0.1, -0.05) is 18.2 Å². The van der Waals surface area contributed by atoms with Crippen LogP contribution in [0.5, 0.6) is 5.88 Å². The van der Waals surface area contributed by atoms with E-state index in [2.05, 4.69) is 4.98 Å². The van der Waals surface area contributed by atoms with Crippen molar-refractivity contribution in [3.8, 4) is 18.0 Å². The van der Waals surface area contributed by atoms with Crippen LogP contribution in [0.1, 0.15) is 30.7 Å². The summed E-state index contributed by atoms with van der Waals surface area (Å²) in [6.07, 6.45) is 1.78. The van der Waals surface area contributed by atoms with Gasteiger partial charge in [0.25, 0.3) is 0 Å². The van der Waals surface area contributed by atoms with Crippen molar-refractivity contribution in [3.05, 3.63) is 47.2 Å². The van der Waals surface area contributed by atoms with Gasteiger partial charge < -0.3 is 4.74 Å². The Kier molecular flexibility index (Phi) is 3.29. The number of Topliss-reactive ketones (excluding diaryl/α,β-unsaturated/α-hetero) is 1. The summed E-state index contributed by atoms with van der Waals surface area (Å²) >= 11 is 0. The van der Waals surface area contributed by atoms with Gasteiger partial charge in [-0.25, -0.2) is 4.98 Å². The van der Waals surface area contributed by atoms with Gasteiger partial charge in [0.15, 0.2) is 5.78 Å². The van der Waals surface area contributed by atoms with Crippen molar-refractivity contribution < 1.29 is 9.53 Å². The molecule has 1 unspecified atom stereocenters. The predicted molar refractivity (Wildman–Crippen MR) is 85.7 cm³/mol. The molecule has 116 valence electrons. The number of carbonyl (C=O) groups excluding carboxylic acids is 1. The first-order valence-electron chi connectivity index (χ1n) is 7.86. The number of ether oxygens (including phenoxy) is 1. The number of para-hydroxylation sites is 1. The van der Waals surface area contributed by atoms with Crippen LogP contribution in [0.3, 0.4) is 0 Å². The lowest BCUT2D eigenvalue weighted by molar-refractivity contribution is -0.116. The van der Waals surface area contributed by atoms with Gasteiger partial charge in [0.2, 0.25) is 5.88 Å². The lowest BCUT2D eigenvalue weighted by atomic mass is 9.75. The molecule has 1 atom stereocenters. The van der Waals surface area contributed by atoms with Crippen molar-refractivity contribution >= 4 is 16.7 Å². The Hall–Kier alpha value is -3.18. The number of pyridine rings is 1.